The first-order valence-electron chi connectivity index (χ1n) is 10.6. The van der Waals surface area contributed by atoms with Gasteiger partial charge in [-0.2, -0.15) is 0 Å². The predicted octanol–water partition coefficient (Wildman–Crippen LogP) is 4.09. The number of thioether (sulfide) groups is 1. The molecule has 170 valence electrons. The number of esters is 2. The number of ether oxygens (including phenoxy) is 3. The van der Waals surface area contributed by atoms with Gasteiger partial charge < -0.3 is 19.3 Å². The number of hydrogen-bond acceptors (Lipinski definition) is 7. The van der Waals surface area contributed by atoms with E-state index in [9.17, 15) is 14.7 Å². The van der Waals surface area contributed by atoms with Crippen LogP contribution >= 0.6 is 11.8 Å². The van der Waals surface area contributed by atoms with Crippen LogP contribution in [0.15, 0.2) is 91.0 Å². The number of aliphatic hydroxyl groups excluding tert-OH is 1. The molecule has 0 saturated carbocycles. The lowest BCUT2D eigenvalue weighted by atomic mass is 10.2. The molecule has 1 saturated heterocycles. The highest BCUT2D eigenvalue weighted by atomic mass is 32.2. The van der Waals surface area contributed by atoms with Crippen LogP contribution < -0.4 is 0 Å². The summed E-state index contributed by atoms with van der Waals surface area (Å²) in [4.78, 5) is 25.0. The second-order valence-electron chi connectivity index (χ2n) is 7.53. The maximum absolute atomic E-state index is 12.6. The van der Waals surface area contributed by atoms with Gasteiger partial charge in [0.15, 0.2) is 12.4 Å². The molecule has 4 rings (SSSR count). The van der Waals surface area contributed by atoms with Gasteiger partial charge in [-0.25, -0.2) is 9.59 Å². The molecule has 4 atom stereocenters. The first-order chi connectivity index (χ1) is 16.1. The summed E-state index contributed by atoms with van der Waals surface area (Å²) in [7, 11) is 0. The topological polar surface area (TPSA) is 82.1 Å². The highest BCUT2D eigenvalue weighted by molar-refractivity contribution is 7.99. The van der Waals surface area contributed by atoms with Crippen molar-refractivity contribution in [3.05, 3.63) is 108 Å². The minimum Gasteiger partial charge on any atom is -0.459 e. The van der Waals surface area contributed by atoms with Gasteiger partial charge in [0.1, 0.15) is 12.7 Å². The van der Waals surface area contributed by atoms with Crippen molar-refractivity contribution in [1.82, 2.24) is 0 Å². The summed E-state index contributed by atoms with van der Waals surface area (Å²) in [5.74, 6) is -0.412. The monoisotopic (exact) mass is 464 g/mol. The summed E-state index contributed by atoms with van der Waals surface area (Å²) in [6, 6.07) is 27.1. The lowest BCUT2D eigenvalue weighted by molar-refractivity contribution is -0.135. The minimum atomic E-state index is -1.33. The molecule has 1 aliphatic rings. The van der Waals surface area contributed by atoms with Crippen LogP contribution in [0.5, 0.6) is 0 Å². The third-order valence-corrected chi connectivity index (χ3v) is 6.67. The quantitative estimate of drug-likeness (QED) is 0.503. The Balaban J connectivity index is 1.46. The van der Waals surface area contributed by atoms with Crippen molar-refractivity contribution in [3.8, 4) is 0 Å². The van der Waals surface area contributed by atoms with Crippen LogP contribution in [0, 0.1) is 0 Å². The molecule has 0 radical (unpaired) electrons. The van der Waals surface area contributed by atoms with Crippen LogP contribution in [0.2, 0.25) is 0 Å². The Kier molecular flexibility index (Phi) is 7.78. The third-order valence-electron chi connectivity index (χ3n) is 5.21. The van der Waals surface area contributed by atoms with Gasteiger partial charge in [0.25, 0.3) is 0 Å². The van der Waals surface area contributed by atoms with Gasteiger partial charge in [-0.05, 0) is 29.8 Å². The fraction of sp³-hybridized carbons (Fsp3) is 0.231. The largest absolute Gasteiger partial charge is 0.459 e. The van der Waals surface area contributed by atoms with Gasteiger partial charge in [-0.1, -0.05) is 66.7 Å². The van der Waals surface area contributed by atoms with Crippen LogP contribution in [0.1, 0.15) is 26.3 Å². The molecule has 3 aromatic carbocycles. The molecule has 4 unspecified atom stereocenters. The normalized spacial score (nSPS) is 22.0. The van der Waals surface area contributed by atoms with Crippen LogP contribution in [0.25, 0.3) is 0 Å². The molecule has 0 spiro atoms. The molecule has 7 heteroatoms. The van der Waals surface area contributed by atoms with E-state index in [1.165, 1.54) is 11.8 Å². The Hall–Kier alpha value is -3.13. The highest BCUT2D eigenvalue weighted by Gasteiger charge is 2.47. The Morgan fingerprint density at radius 3 is 1.97 bits per heavy atom. The highest BCUT2D eigenvalue weighted by Crippen LogP contribution is 2.35. The van der Waals surface area contributed by atoms with Crippen molar-refractivity contribution in [2.24, 2.45) is 0 Å². The van der Waals surface area contributed by atoms with Crippen LogP contribution in [0.3, 0.4) is 0 Å². The van der Waals surface area contributed by atoms with E-state index < -0.39 is 35.7 Å². The summed E-state index contributed by atoms with van der Waals surface area (Å²) >= 11 is 1.49. The maximum atomic E-state index is 12.6. The zero-order valence-corrected chi connectivity index (χ0v) is 18.6. The van der Waals surface area contributed by atoms with E-state index in [1.54, 1.807) is 54.6 Å². The molecule has 1 N–H and O–H groups in total. The van der Waals surface area contributed by atoms with Crippen molar-refractivity contribution >= 4 is 23.7 Å². The van der Waals surface area contributed by atoms with Crippen molar-refractivity contribution in [1.29, 1.82) is 0 Å². The minimum absolute atomic E-state index is 0.0728. The maximum Gasteiger partial charge on any atom is 0.338 e. The molecule has 1 fully saturated rings. The number of carbonyl (C=O) groups is 2. The zero-order chi connectivity index (χ0) is 23.0. The molecule has 0 aliphatic carbocycles. The summed E-state index contributed by atoms with van der Waals surface area (Å²) < 4.78 is 16.8. The Bertz CT molecular complexity index is 1040. The van der Waals surface area contributed by atoms with Gasteiger partial charge in [0.05, 0.1) is 16.4 Å². The van der Waals surface area contributed by atoms with E-state index in [0.717, 1.165) is 5.56 Å². The number of hydrogen-bond donors (Lipinski definition) is 1. The van der Waals surface area contributed by atoms with Crippen molar-refractivity contribution in [2.45, 2.75) is 29.5 Å². The fourth-order valence-electron chi connectivity index (χ4n) is 3.52. The number of carbonyl (C=O) groups excluding carboxylic acids is 2. The van der Waals surface area contributed by atoms with E-state index in [2.05, 4.69) is 0 Å². The van der Waals surface area contributed by atoms with E-state index in [-0.39, 0.29) is 6.61 Å². The standard InChI is InChI=1S/C26H24O6S/c27-24(19-12-6-2-7-13-19)30-16-21-23(33-17-18-10-4-1-5-11-18)22(26(29)31-21)32-25(28)20-14-8-3-9-15-20/h1-15,21-23,26,29H,16-17H2. The molecule has 0 bridgehead atoms. The Morgan fingerprint density at radius 1 is 0.818 bits per heavy atom. The van der Waals surface area contributed by atoms with Crippen LogP contribution in [-0.2, 0) is 20.0 Å². The molecule has 3 aromatic rings. The van der Waals surface area contributed by atoms with Crippen molar-refractivity contribution < 1.29 is 28.9 Å². The van der Waals surface area contributed by atoms with Gasteiger partial charge in [0, 0.05) is 5.75 Å². The molecule has 1 aliphatic heterocycles. The van der Waals surface area contributed by atoms with Crippen molar-refractivity contribution in [3.63, 3.8) is 0 Å². The van der Waals surface area contributed by atoms with Gasteiger partial charge in [-0.15, -0.1) is 11.8 Å². The number of aliphatic hydroxyl groups is 1. The van der Waals surface area contributed by atoms with E-state index in [0.29, 0.717) is 16.9 Å². The predicted molar refractivity (Wildman–Crippen MR) is 125 cm³/mol. The number of rotatable bonds is 8. The van der Waals surface area contributed by atoms with Gasteiger partial charge in [-0.3, -0.25) is 0 Å². The zero-order valence-electron chi connectivity index (χ0n) is 17.8. The molecular weight excluding hydrogens is 440 g/mol. The summed E-state index contributed by atoms with van der Waals surface area (Å²) in [5, 5.41) is 10.1. The smallest absolute Gasteiger partial charge is 0.338 e. The van der Waals surface area contributed by atoms with Gasteiger partial charge >= 0.3 is 11.9 Å². The van der Waals surface area contributed by atoms with Gasteiger partial charge in [0.2, 0.25) is 0 Å². The van der Waals surface area contributed by atoms with Crippen LogP contribution in [0.4, 0.5) is 0 Å². The third kappa shape index (κ3) is 6.01. The first kappa shape index (κ1) is 23.0. The van der Waals surface area contributed by atoms with E-state index in [1.807, 2.05) is 36.4 Å². The summed E-state index contributed by atoms with van der Waals surface area (Å²) in [6.45, 7) is -0.0728. The fourth-order valence-corrected chi connectivity index (χ4v) is 4.83. The second-order valence-corrected chi connectivity index (χ2v) is 8.69. The Labute approximate surface area is 196 Å². The summed E-state index contributed by atoms with van der Waals surface area (Å²) in [6.07, 6.45) is -2.88. The average Bonchev–Trinajstić information content (AvgIpc) is 3.16. The second kappa shape index (κ2) is 11.1. The summed E-state index contributed by atoms with van der Waals surface area (Å²) in [5.41, 5.74) is 1.89. The van der Waals surface area contributed by atoms with E-state index >= 15 is 0 Å². The molecule has 33 heavy (non-hydrogen) atoms. The molecule has 6 nitrogen and oxygen atoms in total. The molecule has 0 aromatic heterocycles. The lowest BCUT2D eigenvalue weighted by Crippen LogP contribution is -2.36. The lowest BCUT2D eigenvalue weighted by Gasteiger charge is -2.23. The van der Waals surface area contributed by atoms with E-state index in [4.69, 9.17) is 14.2 Å². The molecular formula is C26H24O6S. The number of benzene rings is 3. The molecule has 1 heterocycles. The van der Waals surface area contributed by atoms with Crippen LogP contribution in [-0.4, -0.2) is 47.4 Å². The average molecular weight is 465 g/mol. The first-order valence-corrected chi connectivity index (χ1v) is 11.6. The Morgan fingerprint density at radius 2 is 1.36 bits per heavy atom. The van der Waals surface area contributed by atoms with Crippen molar-refractivity contribution in [2.75, 3.05) is 6.61 Å². The molecule has 0 amide bonds. The SMILES string of the molecule is O=C(OCC1OC(O)C(OC(=O)c2ccccc2)C1SCc1ccccc1)c1ccccc1.